The second-order valence-corrected chi connectivity index (χ2v) is 4.48. The molecule has 0 saturated heterocycles. The van der Waals surface area contributed by atoms with Gasteiger partial charge in [0.05, 0.1) is 12.3 Å². The van der Waals surface area contributed by atoms with Crippen LogP contribution in [-0.4, -0.2) is 17.1 Å². The number of hydrogen-bond donors (Lipinski definition) is 1. The fraction of sp³-hybridized carbons (Fsp3) is 0.615. The van der Waals surface area contributed by atoms with Crippen molar-refractivity contribution in [1.29, 1.82) is 0 Å². The predicted molar refractivity (Wildman–Crippen MR) is 64.5 cm³/mol. The van der Waals surface area contributed by atoms with Crippen molar-refractivity contribution >= 4 is 0 Å². The number of aromatic nitrogens is 1. The van der Waals surface area contributed by atoms with Gasteiger partial charge in [0.2, 0.25) is 0 Å². The molecule has 2 rings (SSSR count). The Balaban J connectivity index is 1.97. The van der Waals surface area contributed by atoms with Gasteiger partial charge in [0.1, 0.15) is 5.75 Å². The van der Waals surface area contributed by atoms with E-state index in [0.717, 1.165) is 24.8 Å². The Bertz CT molecular complexity index is 336. The van der Waals surface area contributed by atoms with Gasteiger partial charge >= 0.3 is 0 Å². The molecule has 3 heteroatoms. The van der Waals surface area contributed by atoms with Crippen LogP contribution >= 0.6 is 0 Å². The second kappa shape index (κ2) is 5.30. The third kappa shape index (κ3) is 3.20. The molecule has 1 saturated carbocycles. The summed E-state index contributed by atoms with van der Waals surface area (Å²) >= 11 is 0. The fourth-order valence-corrected chi connectivity index (χ4v) is 1.50. The van der Waals surface area contributed by atoms with Crippen molar-refractivity contribution in [2.75, 3.05) is 0 Å². The van der Waals surface area contributed by atoms with E-state index in [-0.39, 0.29) is 6.10 Å². The van der Waals surface area contributed by atoms with E-state index in [1.54, 1.807) is 0 Å². The van der Waals surface area contributed by atoms with Crippen molar-refractivity contribution in [3.8, 4) is 5.75 Å². The molecule has 1 atom stereocenters. The predicted octanol–water partition coefficient (Wildman–Crippen LogP) is 2.51. The maximum Gasteiger partial charge on any atom is 0.142 e. The van der Waals surface area contributed by atoms with Crippen LogP contribution in [0.1, 0.15) is 38.7 Å². The van der Waals surface area contributed by atoms with E-state index < -0.39 is 0 Å². The van der Waals surface area contributed by atoms with E-state index in [1.807, 2.05) is 18.5 Å². The van der Waals surface area contributed by atoms with Crippen LogP contribution in [0.15, 0.2) is 18.5 Å². The van der Waals surface area contributed by atoms with Crippen LogP contribution in [-0.2, 0) is 6.54 Å². The molecule has 88 valence electrons. The van der Waals surface area contributed by atoms with Crippen LogP contribution in [0, 0.1) is 0 Å². The van der Waals surface area contributed by atoms with Crippen molar-refractivity contribution in [2.24, 2.45) is 0 Å². The highest BCUT2D eigenvalue weighted by Crippen LogP contribution is 2.22. The molecule has 16 heavy (non-hydrogen) atoms. The summed E-state index contributed by atoms with van der Waals surface area (Å²) in [6.45, 7) is 5.10. The lowest BCUT2D eigenvalue weighted by Gasteiger charge is -2.15. The smallest absolute Gasteiger partial charge is 0.142 e. The Kier molecular flexibility index (Phi) is 3.78. The SMILES string of the molecule is CCC(C)Oc1cnccc1CNC1CC1. The van der Waals surface area contributed by atoms with Gasteiger partial charge in [-0.3, -0.25) is 4.98 Å². The van der Waals surface area contributed by atoms with Crippen LogP contribution in [0.5, 0.6) is 5.75 Å². The summed E-state index contributed by atoms with van der Waals surface area (Å²) < 4.78 is 5.84. The molecule has 1 aliphatic carbocycles. The van der Waals surface area contributed by atoms with Gasteiger partial charge < -0.3 is 10.1 Å². The van der Waals surface area contributed by atoms with E-state index in [2.05, 4.69) is 24.1 Å². The normalized spacial score (nSPS) is 17.1. The third-order valence-electron chi connectivity index (χ3n) is 2.93. The van der Waals surface area contributed by atoms with Gasteiger partial charge in [0.25, 0.3) is 0 Å². The molecule has 1 aliphatic rings. The molecule has 0 aromatic carbocycles. The van der Waals surface area contributed by atoms with E-state index in [4.69, 9.17) is 4.74 Å². The molecule has 0 amide bonds. The van der Waals surface area contributed by atoms with Crippen molar-refractivity contribution in [3.63, 3.8) is 0 Å². The topological polar surface area (TPSA) is 34.1 Å². The van der Waals surface area contributed by atoms with Gasteiger partial charge in [-0.1, -0.05) is 6.92 Å². The molecule has 1 fully saturated rings. The van der Waals surface area contributed by atoms with E-state index >= 15 is 0 Å². The van der Waals surface area contributed by atoms with Gasteiger partial charge in [-0.05, 0) is 32.3 Å². The molecule has 0 radical (unpaired) electrons. The number of nitrogens with one attached hydrogen (secondary N) is 1. The zero-order valence-corrected chi connectivity index (χ0v) is 10.1. The van der Waals surface area contributed by atoms with E-state index in [9.17, 15) is 0 Å². The van der Waals surface area contributed by atoms with Crippen molar-refractivity contribution in [1.82, 2.24) is 10.3 Å². The van der Waals surface area contributed by atoms with Gasteiger partial charge in [-0.2, -0.15) is 0 Å². The van der Waals surface area contributed by atoms with Crippen LogP contribution in [0.2, 0.25) is 0 Å². The first kappa shape index (κ1) is 11.4. The standard InChI is InChI=1S/C13H20N2O/c1-3-10(2)16-13-9-14-7-6-11(13)8-15-12-4-5-12/h6-7,9-10,12,15H,3-5,8H2,1-2H3. The lowest BCUT2D eigenvalue weighted by Crippen LogP contribution is -2.17. The highest BCUT2D eigenvalue weighted by atomic mass is 16.5. The average molecular weight is 220 g/mol. The Morgan fingerprint density at radius 2 is 2.38 bits per heavy atom. The highest BCUT2D eigenvalue weighted by Gasteiger charge is 2.20. The number of ether oxygens (including phenoxy) is 1. The maximum absolute atomic E-state index is 5.84. The van der Waals surface area contributed by atoms with E-state index in [0.29, 0.717) is 0 Å². The third-order valence-corrected chi connectivity index (χ3v) is 2.93. The monoisotopic (exact) mass is 220 g/mol. The Hall–Kier alpha value is -1.09. The van der Waals surface area contributed by atoms with Gasteiger partial charge in [-0.15, -0.1) is 0 Å². The first-order valence-corrected chi connectivity index (χ1v) is 6.12. The number of nitrogens with zero attached hydrogens (tertiary/aromatic N) is 1. The number of rotatable bonds is 6. The zero-order chi connectivity index (χ0) is 11.4. The minimum Gasteiger partial charge on any atom is -0.489 e. The van der Waals surface area contributed by atoms with E-state index in [1.165, 1.54) is 18.4 Å². The first-order chi connectivity index (χ1) is 7.79. The molecule has 0 aliphatic heterocycles. The summed E-state index contributed by atoms with van der Waals surface area (Å²) in [5.41, 5.74) is 1.21. The first-order valence-electron chi connectivity index (χ1n) is 6.12. The quantitative estimate of drug-likeness (QED) is 0.800. The molecule has 0 spiro atoms. The van der Waals surface area contributed by atoms with Crippen molar-refractivity contribution in [3.05, 3.63) is 24.0 Å². The summed E-state index contributed by atoms with van der Waals surface area (Å²) in [6.07, 6.45) is 7.54. The van der Waals surface area contributed by atoms with Gasteiger partial charge in [-0.25, -0.2) is 0 Å². The highest BCUT2D eigenvalue weighted by molar-refractivity contribution is 5.30. The molecule has 1 N–H and O–H groups in total. The maximum atomic E-state index is 5.84. The van der Waals surface area contributed by atoms with Crippen molar-refractivity contribution < 1.29 is 4.74 Å². The second-order valence-electron chi connectivity index (χ2n) is 4.48. The molecule has 1 heterocycles. The zero-order valence-electron chi connectivity index (χ0n) is 10.1. The van der Waals surface area contributed by atoms with Crippen LogP contribution in [0.4, 0.5) is 0 Å². The van der Waals surface area contributed by atoms with Crippen LogP contribution in [0.3, 0.4) is 0 Å². The molecule has 1 aromatic rings. The summed E-state index contributed by atoms with van der Waals surface area (Å²) in [6, 6.07) is 2.76. The van der Waals surface area contributed by atoms with Crippen LogP contribution in [0.25, 0.3) is 0 Å². The minimum absolute atomic E-state index is 0.254. The van der Waals surface area contributed by atoms with Gasteiger partial charge in [0.15, 0.2) is 0 Å². The lowest BCUT2D eigenvalue weighted by atomic mass is 10.2. The van der Waals surface area contributed by atoms with Crippen molar-refractivity contribution in [2.45, 2.75) is 51.8 Å². The summed E-state index contributed by atoms with van der Waals surface area (Å²) in [5.74, 6) is 0.921. The average Bonchev–Trinajstić information content (AvgIpc) is 3.11. The molecule has 3 nitrogen and oxygen atoms in total. The summed E-state index contributed by atoms with van der Waals surface area (Å²) in [7, 11) is 0. The molecule has 1 unspecified atom stereocenters. The van der Waals surface area contributed by atoms with Crippen LogP contribution < -0.4 is 10.1 Å². The summed E-state index contributed by atoms with van der Waals surface area (Å²) in [4.78, 5) is 4.12. The molecular formula is C13H20N2O. The molecule has 0 bridgehead atoms. The Morgan fingerprint density at radius 3 is 3.06 bits per heavy atom. The number of pyridine rings is 1. The fourth-order valence-electron chi connectivity index (χ4n) is 1.50. The number of hydrogen-bond acceptors (Lipinski definition) is 3. The largest absolute Gasteiger partial charge is 0.489 e. The Morgan fingerprint density at radius 1 is 1.56 bits per heavy atom. The Labute approximate surface area is 97.2 Å². The summed E-state index contributed by atoms with van der Waals surface area (Å²) in [5, 5.41) is 3.50. The lowest BCUT2D eigenvalue weighted by molar-refractivity contribution is 0.214. The molecular weight excluding hydrogens is 200 g/mol. The minimum atomic E-state index is 0.254. The van der Waals surface area contributed by atoms with Gasteiger partial charge in [0, 0.05) is 24.3 Å². The molecule has 1 aromatic heterocycles.